The molecule has 0 bridgehead atoms. The Morgan fingerprint density at radius 2 is 2.00 bits per heavy atom. The molecule has 1 fully saturated rings. The minimum Gasteiger partial charge on any atom is -0.385 e. The van der Waals surface area contributed by atoms with Gasteiger partial charge in [-0.3, -0.25) is 0 Å². The lowest BCUT2D eigenvalue weighted by Crippen LogP contribution is -2.09. The second-order valence-electron chi connectivity index (χ2n) is 5.68. The Balaban J connectivity index is 1.71. The Kier molecular flexibility index (Phi) is 2.63. The first kappa shape index (κ1) is 12.0. The number of halogens is 1. The van der Waals surface area contributed by atoms with Crippen LogP contribution in [0, 0.1) is 5.92 Å². The van der Waals surface area contributed by atoms with E-state index in [9.17, 15) is 9.50 Å². The fourth-order valence-corrected chi connectivity index (χ4v) is 2.90. The molecule has 3 atom stereocenters. The highest BCUT2D eigenvalue weighted by atomic mass is 19.1. The predicted molar refractivity (Wildman–Crippen MR) is 70.8 cm³/mol. The van der Waals surface area contributed by atoms with Gasteiger partial charge in [0.1, 0.15) is 6.10 Å². The Labute approximate surface area is 116 Å². The van der Waals surface area contributed by atoms with E-state index in [1.165, 1.54) is 0 Å². The van der Waals surface area contributed by atoms with Crippen LogP contribution in [0.3, 0.4) is 0 Å². The normalized spacial score (nSPS) is 26.5. The van der Waals surface area contributed by atoms with Crippen molar-refractivity contribution in [3.8, 4) is 0 Å². The van der Waals surface area contributed by atoms with E-state index in [-0.39, 0.29) is 12.0 Å². The summed E-state index contributed by atoms with van der Waals surface area (Å²) >= 11 is 0. The summed E-state index contributed by atoms with van der Waals surface area (Å²) in [5, 5.41) is 14.5. The van der Waals surface area contributed by atoms with E-state index in [2.05, 4.69) is 10.1 Å². The molecule has 2 heterocycles. The van der Waals surface area contributed by atoms with Gasteiger partial charge in [0.25, 0.3) is 0 Å². The number of rotatable bonds is 3. The van der Waals surface area contributed by atoms with Gasteiger partial charge in [-0.2, -0.15) is 5.10 Å². The molecule has 0 saturated heterocycles. The summed E-state index contributed by atoms with van der Waals surface area (Å²) in [7, 11) is 0. The van der Waals surface area contributed by atoms with Gasteiger partial charge in [-0.25, -0.2) is 14.1 Å². The number of hydrogen-bond acceptors (Lipinski definition) is 3. The molecule has 1 aliphatic carbocycles. The zero-order valence-electron chi connectivity index (χ0n) is 11.0. The number of fused-ring (bicyclic) bond motifs is 1. The number of aromatic nitrogens is 3. The second-order valence-corrected chi connectivity index (χ2v) is 5.68. The average Bonchev–Trinajstić information content (AvgIpc) is 3.15. The highest BCUT2D eigenvalue weighted by Gasteiger charge is 2.39. The van der Waals surface area contributed by atoms with E-state index in [0.29, 0.717) is 18.1 Å². The maximum atomic E-state index is 14.1. The molecule has 1 saturated carbocycles. The summed E-state index contributed by atoms with van der Waals surface area (Å²) in [5.41, 5.74) is 1.03. The molecule has 4 nitrogen and oxygen atoms in total. The highest BCUT2D eigenvalue weighted by Crippen LogP contribution is 2.43. The van der Waals surface area contributed by atoms with Crippen LogP contribution >= 0.6 is 0 Å². The SMILES string of the molecule is O[C@@H](c1nc2n(n1)[C@@H](c1ccccc1)C[C@H]2F)C1CC1. The Morgan fingerprint density at radius 3 is 2.70 bits per heavy atom. The van der Waals surface area contributed by atoms with Crippen LogP contribution in [0.5, 0.6) is 0 Å². The molecule has 0 spiro atoms. The number of nitrogens with zero attached hydrogens (tertiary/aromatic N) is 3. The second kappa shape index (κ2) is 4.38. The Hall–Kier alpha value is -1.75. The molecule has 0 radical (unpaired) electrons. The van der Waals surface area contributed by atoms with Crippen molar-refractivity contribution in [2.24, 2.45) is 5.92 Å². The lowest BCUT2D eigenvalue weighted by atomic mass is 10.0. The van der Waals surface area contributed by atoms with Crippen molar-refractivity contribution in [1.82, 2.24) is 14.8 Å². The standard InChI is InChI=1S/C15H16FN3O/c16-11-8-12(9-4-2-1-3-5-9)19-15(11)17-14(18-19)13(20)10-6-7-10/h1-5,10-13,20H,6-8H2/t11-,12-,13-/m1/s1. The van der Waals surface area contributed by atoms with Crippen molar-refractivity contribution >= 4 is 0 Å². The van der Waals surface area contributed by atoms with E-state index in [4.69, 9.17) is 0 Å². The molecule has 2 aliphatic rings. The summed E-state index contributed by atoms with van der Waals surface area (Å²) in [4.78, 5) is 4.24. The molecule has 4 rings (SSSR count). The van der Waals surface area contributed by atoms with Gasteiger partial charge in [-0.05, 0) is 24.3 Å². The van der Waals surface area contributed by atoms with Crippen LogP contribution in [0.25, 0.3) is 0 Å². The molecular formula is C15H16FN3O. The van der Waals surface area contributed by atoms with Crippen LogP contribution in [0.2, 0.25) is 0 Å². The van der Waals surface area contributed by atoms with Gasteiger partial charge >= 0.3 is 0 Å². The summed E-state index contributed by atoms with van der Waals surface area (Å²) < 4.78 is 15.8. The van der Waals surface area contributed by atoms with Crippen LogP contribution in [0.4, 0.5) is 4.39 Å². The maximum absolute atomic E-state index is 14.1. The molecular weight excluding hydrogens is 257 g/mol. The molecule has 1 aliphatic heterocycles. The number of aliphatic hydroxyl groups is 1. The number of hydrogen-bond donors (Lipinski definition) is 1. The Bertz CT molecular complexity index is 623. The Morgan fingerprint density at radius 1 is 1.25 bits per heavy atom. The van der Waals surface area contributed by atoms with Crippen molar-refractivity contribution in [3.63, 3.8) is 0 Å². The van der Waals surface area contributed by atoms with Crippen LogP contribution in [0.1, 0.15) is 54.8 Å². The molecule has 0 unspecified atom stereocenters. The fraction of sp³-hybridized carbons (Fsp3) is 0.467. The van der Waals surface area contributed by atoms with Crippen molar-refractivity contribution in [2.75, 3.05) is 0 Å². The number of aliphatic hydroxyl groups excluding tert-OH is 1. The van der Waals surface area contributed by atoms with Crippen LogP contribution in [-0.2, 0) is 0 Å². The van der Waals surface area contributed by atoms with Crippen molar-refractivity contribution < 1.29 is 9.50 Å². The van der Waals surface area contributed by atoms with Crippen LogP contribution in [-0.4, -0.2) is 19.9 Å². The van der Waals surface area contributed by atoms with Gasteiger partial charge in [0.2, 0.25) is 0 Å². The van der Waals surface area contributed by atoms with E-state index < -0.39 is 12.3 Å². The molecule has 5 heteroatoms. The monoisotopic (exact) mass is 273 g/mol. The van der Waals surface area contributed by atoms with Gasteiger partial charge in [-0.15, -0.1) is 0 Å². The van der Waals surface area contributed by atoms with E-state index in [1.807, 2.05) is 30.3 Å². The highest BCUT2D eigenvalue weighted by molar-refractivity contribution is 5.23. The lowest BCUT2D eigenvalue weighted by Gasteiger charge is -2.12. The van der Waals surface area contributed by atoms with Crippen LogP contribution < -0.4 is 0 Å². The van der Waals surface area contributed by atoms with E-state index in [1.54, 1.807) is 4.68 Å². The van der Waals surface area contributed by atoms with Crippen molar-refractivity contribution in [2.45, 2.75) is 37.6 Å². The van der Waals surface area contributed by atoms with Gasteiger partial charge in [0.15, 0.2) is 17.8 Å². The third-order valence-electron chi connectivity index (χ3n) is 4.20. The molecule has 20 heavy (non-hydrogen) atoms. The van der Waals surface area contributed by atoms with Gasteiger partial charge in [0.05, 0.1) is 6.04 Å². The summed E-state index contributed by atoms with van der Waals surface area (Å²) in [6.07, 6.45) is 0.641. The lowest BCUT2D eigenvalue weighted by molar-refractivity contribution is 0.143. The predicted octanol–water partition coefficient (Wildman–Crippen LogP) is 2.73. The minimum absolute atomic E-state index is 0.117. The molecule has 2 aromatic rings. The van der Waals surface area contributed by atoms with Gasteiger partial charge < -0.3 is 5.11 Å². The first-order chi connectivity index (χ1) is 9.74. The van der Waals surface area contributed by atoms with Gasteiger partial charge in [-0.1, -0.05) is 30.3 Å². The summed E-state index contributed by atoms with van der Waals surface area (Å²) in [6.45, 7) is 0. The van der Waals surface area contributed by atoms with Crippen molar-refractivity contribution in [1.29, 1.82) is 0 Å². The molecule has 104 valence electrons. The maximum Gasteiger partial charge on any atom is 0.179 e. The summed E-state index contributed by atoms with van der Waals surface area (Å²) in [6, 6.07) is 9.66. The van der Waals surface area contributed by atoms with Crippen molar-refractivity contribution in [3.05, 3.63) is 47.5 Å². The van der Waals surface area contributed by atoms with E-state index >= 15 is 0 Å². The third kappa shape index (κ3) is 1.85. The first-order valence-corrected chi connectivity index (χ1v) is 7.07. The largest absolute Gasteiger partial charge is 0.385 e. The number of alkyl halides is 1. The first-order valence-electron chi connectivity index (χ1n) is 7.07. The minimum atomic E-state index is -1.10. The quantitative estimate of drug-likeness (QED) is 0.935. The average molecular weight is 273 g/mol. The smallest absolute Gasteiger partial charge is 0.179 e. The fourth-order valence-electron chi connectivity index (χ4n) is 2.90. The number of benzene rings is 1. The molecule has 1 N–H and O–H groups in total. The zero-order valence-corrected chi connectivity index (χ0v) is 11.0. The van der Waals surface area contributed by atoms with E-state index in [0.717, 1.165) is 18.4 Å². The van der Waals surface area contributed by atoms with Crippen LogP contribution in [0.15, 0.2) is 30.3 Å². The third-order valence-corrected chi connectivity index (χ3v) is 4.20. The molecule has 1 aromatic carbocycles. The molecule has 1 aromatic heterocycles. The summed E-state index contributed by atoms with van der Waals surface area (Å²) in [5.74, 6) is 0.991. The topological polar surface area (TPSA) is 50.9 Å². The molecule has 0 amide bonds. The van der Waals surface area contributed by atoms with Gasteiger partial charge in [0, 0.05) is 6.42 Å². The zero-order chi connectivity index (χ0) is 13.7.